The molecule has 3 rings (SSSR count). The van der Waals surface area contributed by atoms with Crippen molar-refractivity contribution in [3.8, 4) is 0 Å². The number of hydrogen-bond donors (Lipinski definition) is 1. The van der Waals surface area contributed by atoms with Gasteiger partial charge < -0.3 is 15.0 Å². The van der Waals surface area contributed by atoms with Crippen molar-refractivity contribution in [2.45, 2.75) is 44.8 Å². The van der Waals surface area contributed by atoms with Gasteiger partial charge in [-0.2, -0.15) is 0 Å². The number of nitrogens with zero attached hydrogens (tertiary/aromatic N) is 2. The molecule has 1 amide bonds. The second kappa shape index (κ2) is 6.02. The standard InChI is InChI=1S/C16H23N3O2/c1-11-9-13(17-2)12(10-18-11)16(20)19-7-8-21-15-6-4-3-5-14(15)19/h9-10,14-15H,3-8H2,1-2H3,(H,17,18). The van der Waals surface area contributed by atoms with Crippen LogP contribution in [0.25, 0.3) is 0 Å². The van der Waals surface area contributed by atoms with Gasteiger partial charge in [0.1, 0.15) is 0 Å². The molecule has 21 heavy (non-hydrogen) atoms. The summed E-state index contributed by atoms with van der Waals surface area (Å²) in [5.74, 6) is 0.0760. The first-order valence-electron chi connectivity index (χ1n) is 7.77. The fourth-order valence-corrected chi connectivity index (χ4v) is 3.44. The van der Waals surface area contributed by atoms with Crippen LogP contribution in [-0.4, -0.2) is 48.1 Å². The van der Waals surface area contributed by atoms with Crippen molar-refractivity contribution in [3.63, 3.8) is 0 Å². The maximum absolute atomic E-state index is 12.9. The SMILES string of the molecule is CNc1cc(C)ncc1C(=O)N1CCOC2CCCCC21. The van der Waals surface area contributed by atoms with Crippen LogP contribution in [0.4, 0.5) is 5.69 Å². The second-order valence-corrected chi connectivity index (χ2v) is 5.88. The summed E-state index contributed by atoms with van der Waals surface area (Å²) < 4.78 is 5.85. The monoisotopic (exact) mass is 289 g/mol. The van der Waals surface area contributed by atoms with Crippen molar-refractivity contribution in [1.82, 2.24) is 9.88 Å². The van der Waals surface area contributed by atoms with Gasteiger partial charge in [0.05, 0.1) is 30.0 Å². The third-order valence-electron chi connectivity index (χ3n) is 4.53. The van der Waals surface area contributed by atoms with E-state index in [9.17, 15) is 4.79 Å². The number of hydrogen-bond acceptors (Lipinski definition) is 4. The van der Waals surface area contributed by atoms with E-state index in [0.29, 0.717) is 18.7 Å². The lowest BCUT2D eigenvalue weighted by atomic mass is 9.89. The number of amides is 1. The summed E-state index contributed by atoms with van der Waals surface area (Å²) >= 11 is 0. The molecule has 2 atom stereocenters. The van der Waals surface area contributed by atoms with Gasteiger partial charge in [0.25, 0.3) is 5.91 Å². The molecule has 1 N–H and O–H groups in total. The van der Waals surface area contributed by atoms with Crippen molar-refractivity contribution in [2.24, 2.45) is 0 Å². The molecule has 2 aliphatic rings. The Morgan fingerprint density at radius 1 is 1.43 bits per heavy atom. The highest BCUT2D eigenvalue weighted by Gasteiger charge is 2.37. The van der Waals surface area contributed by atoms with Gasteiger partial charge in [-0.3, -0.25) is 9.78 Å². The van der Waals surface area contributed by atoms with Crippen LogP contribution in [0.2, 0.25) is 0 Å². The van der Waals surface area contributed by atoms with E-state index in [1.807, 2.05) is 24.9 Å². The lowest BCUT2D eigenvalue weighted by molar-refractivity contribution is -0.0752. The molecule has 1 aromatic heterocycles. The van der Waals surface area contributed by atoms with E-state index in [1.165, 1.54) is 12.8 Å². The molecule has 1 aliphatic carbocycles. The van der Waals surface area contributed by atoms with E-state index >= 15 is 0 Å². The van der Waals surface area contributed by atoms with E-state index in [-0.39, 0.29) is 18.1 Å². The van der Waals surface area contributed by atoms with Crippen LogP contribution in [0.3, 0.4) is 0 Å². The Morgan fingerprint density at radius 3 is 3.05 bits per heavy atom. The van der Waals surface area contributed by atoms with E-state index in [2.05, 4.69) is 10.3 Å². The quantitative estimate of drug-likeness (QED) is 0.907. The number of pyridine rings is 1. The fraction of sp³-hybridized carbons (Fsp3) is 0.625. The molecule has 1 aromatic rings. The van der Waals surface area contributed by atoms with Crippen LogP contribution in [0.15, 0.2) is 12.3 Å². The van der Waals surface area contributed by atoms with E-state index < -0.39 is 0 Å². The number of carbonyl (C=O) groups excluding carboxylic acids is 1. The van der Waals surface area contributed by atoms with Crippen LogP contribution < -0.4 is 5.32 Å². The van der Waals surface area contributed by atoms with E-state index in [4.69, 9.17) is 4.74 Å². The second-order valence-electron chi connectivity index (χ2n) is 5.88. The maximum Gasteiger partial charge on any atom is 0.257 e. The number of anilines is 1. The van der Waals surface area contributed by atoms with Crippen molar-refractivity contribution in [2.75, 3.05) is 25.5 Å². The van der Waals surface area contributed by atoms with Crippen molar-refractivity contribution in [1.29, 1.82) is 0 Å². The average Bonchev–Trinajstić information content (AvgIpc) is 2.53. The predicted molar refractivity (Wildman–Crippen MR) is 81.6 cm³/mol. The smallest absolute Gasteiger partial charge is 0.257 e. The number of fused-ring (bicyclic) bond motifs is 1. The molecule has 1 saturated heterocycles. The topological polar surface area (TPSA) is 54.5 Å². The first kappa shape index (κ1) is 14.3. The fourth-order valence-electron chi connectivity index (χ4n) is 3.44. The lowest BCUT2D eigenvalue weighted by Gasteiger charge is -2.43. The minimum atomic E-state index is 0.0760. The molecule has 0 radical (unpaired) electrons. The minimum absolute atomic E-state index is 0.0760. The Bertz CT molecular complexity index is 530. The van der Waals surface area contributed by atoms with Gasteiger partial charge in [-0.05, 0) is 25.8 Å². The molecule has 5 nitrogen and oxygen atoms in total. The van der Waals surface area contributed by atoms with Crippen LogP contribution in [0.5, 0.6) is 0 Å². The molecule has 5 heteroatoms. The highest BCUT2D eigenvalue weighted by molar-refractivity contribution is 5.99. The molecule has 0 bridgehead atoms. The molecular formula is C16H23N3O2. The first-order chi connectivity index (χ1) is 10.2. The van der Waals surface area contributed by atoms with Crippen LogP contribution in [0, 0.1) is 6.92 Å². The highest BCUT2D eigenvalue weighted by Crippen LogP contribution is 2.30. The first-order valence-corrected chi connectivity index (χ1v) is 7.77. The molecule has 1 aliphatic heterocycles. The number of morpholine rings is 1. The summed E-state index contributed by atoms with van der Waals surface area (Å²) in [6.07, 6.45) is 6.41. The molecule has 2 fully saturated rings. The average molecular weight is 289 g/mol. The molecule has 2 heterocycles. The summed E-state index contributed by atoms with van der Waals surface area (Å²) in [4.78, 5) is 19.2. The number of ether oxygens (including phenoxy) is 1. The number of carbonyl (C=O) groups is 1. The summed E-state index contributed by atoms with van der Waals surface area (Å²) in [6, 6.07) is 2.15. The molecule has 0 spiro atoms. The Morgan fingerprint density at radius 2 is 2.24 bits per heavy atom. The largest absolute Gasteiger partial charge is 0.387 e. The number of aromatic nitrogens is 1. The van der Waals surface area contributed by atoms with Gasteiger partial charge in [-0.1, -0.05) is 12.8 Å². The van der Waals surface area contributed by atoms with Gasteiger partial charge in [-0.15, -0.1) is 0 Å². The maximum atomic E-state index is 12.9. The summed E-state index contributed by atoms with van der Waals surface area (Å²) in [7, 11) is 1.84. The Kier molecular flexibility index (Phi) is 4.10. The molecule has 2 unspecified atom stereocenters. The third-order valence-corrected chi connectivity index (χ3v) is 4.53. The summed E-state index contributed by atoms with van der Waals surface area (Å²) in [5, 5.41) is 3.11. The number of rotatable bonds is 2. The van der Waals surface area contributed by atoms with Crippen molar-refractivity contribution >= 4 is 11.6 Å². The van der Waals surface area contributed by atoms with E-state index in [1.54, 1.807) is 6.20 Å². The predicted octanol–water partition coefficient (Wildman–Crippen LogP) is 2.22. The zero-order valence-electron chi connectivity index (χ0n) is 12.8. The van der Waals surface area contributed by atoms with Gasteiger partial charge in [0, 0.05) is 25.5 Å². The van der Waals surface area contributed by atoms with Crippen LogP contribution >= 0.6 is 0 Å². The molecule has 0 aromatic carbocycles. The van der Waals surface area contributed by atoms with Gasteiger partial charge in [0.15, 0.2) is 0 Å². The van der Waals surface area contributed by atoms with Crippen molar-refractivity contribution in [3.05, 3.63) is 23.5 Å². The molecule has 1 saturated carbocycles. The lowest BCUT2D eigenvalue weighted by Crippen LogP contribution is -2.54. The number of nitrogens with one attached hydrogen (secondary N) is 1. The third kappa shape index (κ3) is 2.75. The Hall–Kier alpha value is -1.62. The zero-order valence-corrected chi connectivity index (χ0v) is 12.8. The molecule has 114 valence electrons. The van der Waals surface area contributed by atoms with Gasteiger partial charge in [-0.25, -0.2) is 0 Å². The van der Waals surface area contributed by atoms with Crippen molar-refractivity contribution < 1.29 is 9.53 Å². The zero-order chi connectivity index (χ0) is 14.8. The normalized spacial score (nSPS) is 25.3. The van der Waals surface area contributed by atoms with Crippen LogP contribution in [-0.2, 0) is 4.74 Å². The van der Waals surface area contributed by atoms with Gasteiger partial charge in [0.2, 0.25) is 0 Å². The highest BCUT2D eigenvalue weighted by atomic mass is 16.5. The summed E-state index contributed by atoms with van der Waals surface area (Å²) in [5.41, 5.74) is 2.43. The van der Waals surface area contributed by atoms with Crippen LogP contribution in [0.1, 0.15) is 41.7 Å². The van der Waals surface area contributed by atoms with Gasteiger partial charge >= 0.3 is 0 Å². The van der Waals surface area contributed by atoms with E-state index in [0.717, 1.165) is 24.2 Å². The minimum Gasteiger partial charge on any atom is -0.387 e. The Balaban J connectivity index is 1.87. The summed E-state index contributed by atoms with van der Waals surface area (Å²) in [6.45, 7) is 3.25. The number of aryl methyl sites for hydroxylation is 1. The Labute approximate surface area is 125 Å². The molecular weight excluding hydrogens is 266 g/mol.